The average Bonchev–Trinajstić information content (AvgIpc) is 2.33. The summed E-state index contributed by atoms with van der Waals surface area (Å²) in [7, 11) is -2.18. The van der Waals surface area contributed by atoms with Crippen LogP contribution in [0.25, 0.3) is 0 Å². The summed E-state index contributed by atoms with van der Waals surface area (Å²) in [6.45, 7) is 0.260. The number of hydrogen-bond donors (Lipinski definition) is 1. The van der Waals surface area contributed by atoms with E-state index in [0.717, 1.165) is 9.18 Å². The molecule has 0 spiro atoms. The molecule has 4 nitrogen and oxygen atoms in total. The molecular weight excluding hydrogens is 232 g/mol. The summed E-state index contributed by atoms with van der Waals surface area (Å²) < 4.78 is 23.3. The minimum atomic E-state index is -3.59. The first-order chi connectivity index (χ1) is 5.89. The molecule has 0 saturated carbocycles. The number of halogens is 1. The van der Waals surface area contributed by atoms with Gasteiger partial charge in [-0.3, -0.25) is 0 Å². The van der Waals surface area contributed by atoms with Crippen LogP contribution in [0.2, 0.25) is 4.34 Å². The molecule has 74 valence electrons. The van der Waals surface area contributed by atoms with Crippen molar-refractivity contribution in [3.63, 3.8) is 0 Å². The second-order valence-corrected chi connectivity index (χ2v) is 5.96. The van der Waals surface area contributed by atoms with E-state index in [1.807, 2.05) is 0 Å². The van der Waals surface area contributed by atoms with Crippen molar-refractivity contribution >= 4 is 33.1 Å². The van der Waals surface area contributed by atoms with Gasteiger partial charge in [0.2, 0.25) is 0 Å². The highest BCUT2D eigenvalue weighted by Crippen LogP contribution is 2.22. The molecule has 0 bridgehead atoms. The lowest BCUT2D eigenvalue weighted by molar-refractivity contribution is 0.471. The van der Waals surface area contributed by atoms with Crippen molar-refractivity contribution in [2.24, 2.45) is 5.14 Å². The fraction of sp³-hybridized carbons (Fsp3) is 0.333. The van der Waals surface area contributed by atoms with E-state index in [9.17, 15) is 8.42 Å². The first-order valence-electron chi connectivity index (χ1n) is 3.38. The summed E-state index contributed by atoms with van der Waals surface area (Å²) in [5, 5.41) is 4.90. The van der Waals surface area contributed by atoms with Crippen LogP contribution in [0.1, 0.15) is 4.88 Å². The van der Waals surface area contributed by atoms with Crippen molar-refractivity contribution in [3.05, 3.63) is 21.3 Å². The first-order valence-corrected chi connectivity index (χ1v) is 6.07. The Labute approximate surface area is 86.1 Å². The Kier molecular flexibility index (Phi) is 3.31. The lowest BCUT2D eigenvalue weighted by atomic mass is 10.5. The van der Waals surface area contributed by atoms with Crippen LogP contribution in [-0.2, 0) is 16.8 Å². The van der Waals surface area contributed by atoms with Crippen LogP contribution in [-0.4, -0.2) is 19.8 Å². The Bertz CT molecular complexity index is 387. The maximum Gasteiger partial charge on any atom is 0.276 e. The van der Waals surface area contributed by atoms with Crippen molar-refractivity contribution in [3.8, 4) is 0 Å². The highest BCUT2D eigenvalue weighted by molar-refractivity contribution is 7.86. The van der Waals surface area contributed by atoms with Crippen LogP contribution in [0.5, 0.6) is 0 Å². The number of rotatable bonds is 3. The van der Waals surface area contributed by atoms with Crippen LogP contribution in [0, 0.1) is 0 Å². The van der Waals surface area contributed by atoms with Gasteiger partial charge in [-0.2, -0.15) is 12.7 Å². The van der Waals surface area contributed by atoms with Crippen molar-refractivity contribution in [1.82, 2.24) is 4.31 Å². The molecule has 0 aromatic carbocycles. The standard InChI is InChI=1S/C6H9ClN2O2S2/c1-9(13(8,10)11)4-5-2-3-6(7)12-5/h2-3H,4H2,1H3,(H2,8,10,11). The molecule has 0 aliphatic heterocycles. The van der Waals surface area contributed by atoms with Gasteiger partial charge in [-0.15, -0.1) is 11.3 Å². The first kappa shape index (κ1) is 10.9. The number of nitrogens with two attached hydrogens (primary N) is 1. The maximum absolute atomic E-state index is 10.8. The number of nitrogens with zero attached hydrogens (tertiary/aromatic N) is 1. The van der Waals surface area contributed by atoms with Gasteiger partial charge < -0.3 is 0 Å². The summed E-state index contributed by atoms with van der Waals surface area (Å²) in [6.07, 6.45) is 0. The van der Waals surface area contributed by atoms with Gasteiger partial charge in [-0.05, 0) is 12.1 Å². The SMILES string of the molecule is CN(Cc1ccc(Cl)s1)S(N)(=O)=O. The molecule has 0 radical (unpaired) electrons. The van der Waals surface area contributed by atoms with Gasteiger partial charge >= 0.3 is 0 Å². The molecule has 0 aliphatic rings. The third-order valence-corrected chi connectivity index (χ3v) is 3.66. The van der Waals surface area contributed by atoms with Gasteiger partial charge in [0, 0.05) is 18.5 Å². The second-order valence-electron chi connectivity index (χ2n) is 2.51. The molecule has 1 aromatic rings. The molecule has 0 fully saturated rings. The van der Waals surface area contributed by atoms with Gasteiger partial charge in [-0.25, -0.2) is 5.14 Å². The molecule has 0 unspecified atom stereocenters. The van der Waals surface area contributed by atoms with E-state index in [4.69, 9.17) is 16.7 Å². The monoisotopic (exact) mass is 240 g/mol. The molecule has 1 aromatic heterocycles. The third kappa shape index (κ3) is 3.24. The quantitative estimate of drug-likeness (QED) is 0.858. The maximum atomic E-state index is 10.8. The largest absolute Gasteiger partial charge is 0.276 e. The lowest BCUT2D eigenvalue weighted by Gasteiger charge is -2.11. The topological polar surface area (TPSA) is 63.4 Å². The number of thiophene rings is 1. The molecule has 13 heavy (non-hydrogen) atoms. The Morgan fingerprint density at radius 1 is 1.62 bits per heavy atom. The zero-order valence-electron chi connectivity index (χ0n) is 6.90. The van der Waals surface area contributed by atoms with Crippen molar-refractivity contribution in [1.29, 1.82) is 0 Å². The normalized spacial score (nSPS) is 12.3. The predicted molar refractivity (Wildman–Crippen MR) is 53.9 cm³/mol. The zero-order valence-corrected chi connectivity index (χ0v) is 9.29. The second kappa shape index (κ2) is 3.93. The fourth-order valence-corrected chi connectivity index (χ4v) is 2.29. The summed E-state index contributed by atoms with van der Waals surface area (Å²) in [4.78, 5) is 0.863. The van der Waals surface area contributed by atoms with E-state index in [2.05, 4.69) is 0 Å². The van der Waals surface area contributed by atoms with Crippen LogP contribution >= 0.6 is 22.9 Å². The number of hydrogen-bond acceptors (Lipinski definition) is 3. The van der Waals surface area contributed by atoms with Gasteiger partial charge in [0.05, 0.1) is 4.34 Å². The molecular formula is C6H9ClN2O2S2. The highest BCUT2D eigenvalue weighted by Gasteiger charge is 2.12. The van der Waals surface area contributed by atoms with E-state index >= 15 is 0 Å². The zero-order chi connectivity index (χ0) is 10.1. The van der Waals surface area contributed by atoms with E-state index in [0.29, 0.717) is 4.34 Å². The fourth-order valence-electron chi connectivity index (χ4n) is 0.746. The molecule has 0 atom stereocenters. The van der Waals surface area contributed by atoms with E-state index < -0.39 is 10.2 Å². The highest BCUT2D eigenvalue weighted by atomic mass is 35.5. The molecule has 1 rings (SSSR count). The summed E-state index contributed by atoms with van der Waals surface area (Å²) >= 11 is 7.01. The van der Waals surface area contributed by atoms with Crippen LogP contribution in [0.4, 0.5) is 0 Å². The van der Waals surface area contributed by atoms with Crippen LogP contribution < -0.4 is 5.14 Å². The van der Waals surface area contributed by atoms with E-state index in [-0.39, 0.29) is 6.54 Å². The molecule has 0 amide bonds. The van der Waals surface area contributed by atoms with Gasteiger partial charge in [-0.1, -0.05) is 11.6 Å². The van der Waals surface area contributed by atoms with Gasteiger partial charge in [0.15, 0.2) is 0 Å². The van der Waals surface area contributed by atoms with E-state index in [1.54, 1.807) is 12.1 Å². The van der Waals surface area contributed by atoms with Gasteiger partial charge in [0.1, 0.15) is 0 Å². The third-order valence-electron chi connectivity index (χ3n) is 1.44. The minimum Gasteiger partial charge on any atom is -0.216 e. The molecule has 2 N–H and O–H groups in total. The van der Waals surface area contributed by atoms with Crippen molar-refractivity contribution in [2.75, 3.05) is 7.05 Å². The van der Waals surface area contributed by atoms with Crippen molar-refractivity contribution in [2.45, 2.75) is 6.54 Å². The summed E-state index contributed by atoms with van der Waals surface area (Å²) in [6, 6.07) is 3.49. The average molecular weight is 241 g/mol. The molecule has 0 saturated heterocycles. The lowest BCUT2D eigenvalue weighted by Crippen LogP contribution is -2.32. The van der Waals surface area contributed by atoms with Crippen LogP contribution in [0.3, 0.4) is 0 Å². The molecule has 0 aliphatic carbocycles. The molecule has 7 heteroatoms. The van der Waals surface area contributed by atoms with E-state index in [1.165, 1.54) is 18.4 Å². The summed E-state index contributed by atoms with van der Waals surface area (Å²) in [5.74, 6) is 0. The minimum absolute atomic E-state index is 0.260. The smallest absolute Gasteiger partial charge is 0.216 e. The Morgan fingerprint density at radius 3 is 2.62 bits per heavy atom. The predicted octanol–water partition coefficient (Wildman–Crippen LogP) is 1.04. The summed E-state index contributed by atoms with van der Waals surface area (Å²) in [5.41, 5.74) is 0. The van der Waals surface area contributed by atoms with Crippen molar-refractivity contribution < 1.29 is 8.42 Å². The Hall–Kier alpha value is -0.140. The Morgan fingerprint density at radius 2 is 2.23 bits per heavy atom. The molecule has 1 heterocycles. The van der Waals surface area contributed by atoms with Crippen LogP contribution in [0.15, 0.2) is 12.1 Å². The Balaban J connectivity index is 2.71. The van der Waals surface area contributed by atoms with Gasteiger partial charge in [0.25, 0.3) is 10.2 Å².